The van der Waals surface area contributed by atoms with Gasteiger partial charge in [0.05, 0.1) is 18.8 Å². The number of hydrogen-bond acceptors (Lipinski definition) is 4. The largest absolute Gasteiger partial charge is 0.379 e. The minimum atomic E-state index is -0.463. The lowest BCUT2D eigenvalue weighted by Crippen LogP contribution is -2.56. The zero-order valence-corrected chi connectivity index (χ0v) is 12.8. The second-order valence-electron chi connectivity index (χ2n) is 5.50. The van der Waals surface area contributed by atoms with Crippen LogP contribution in [-0.4, -0.2) is 52.3 Å². The van der Waals surface area contributed by atoms with Crippen LogP contribution in [0.2, 0.25) is 0 Å². The van der Waals surface area contributed by atoms with Crippen molar-refractivity contribution in [2.75, 3.05) is 26.3 Å². The lowest BCUT2D eigenvalue weighted by Gasteiger charge is -2.41. The number of ether oxygens (including phenoxy) is 1. The molecule has 0 radical (unpaired) electrons. The first-order chi connectivity index (χ1) is 9.63. The van der Waals surface area contributed by atoms with E-state index in [-0.39, 0.29) is 5.78 Å². The van der Waals surface area contributed by atoms with E-state index in [0.717, 1.165) is 38.2 Å². The van der Waals surface area contributed by atoms with Crippen LogP contribution in [-0.2, 0) is 11.3 Å². The Bertz CT molecular complexity index is 452. The minimum Gasteiger partial charge on any atom is -0.379 e. The van der Waals surface area contributed by atoms with E-state index >= 15 is 0 Å². The van der Waals surface area contributed by atoms with E-state index in [1.807, 2.05) is 17.7 Å². The lowest BCUT2D eigenvalue weighted by atomic mass is 9.88. The summed E-state index contributed by atoms with van der Waals surface area (Å²) in [6.45, 7) is 10.1. The molecule has 0 bridgehead atoms. The maximum atomic E-state index is 13.0. The first kappa shape index (κ1) is 15.2. The Balaban J connectivity index is 2.25. The van der Waals surface area contributed by atoms with Crippen molar-refractivity contribution in [2.45, 2.75) is 45.7 Å². The first-order valence-electron chi connectivity index (χ1n) is 7.53. The fraction of sp³-hybridized carbons (Fsp3) is 0.733. The molecule has 2 heterocycles. The van der Waals surface area contributed by atoms with Crippen LogP contribution < -0.4 is 0 Å². The molecule has 0 amide bonds. The van der Waals surface area contributed by atoms with Gasteiger partial charge in [0.15, 0.2) is 0 Å². The van der Waals surface area contributed by atoms with Crippen LogP contribution in [0.4, 0.5) is 0 Å². The molecular weight excluding hydrogens is 254 g/mol. The first-order valence-corrected chi connectivity index (χ1v) is 7.53. The molecule has 1 aliphatic rings. The number of morpholine rings is 1. The number of ketones is 1. The molecule has 5 heteroatoms. The summed E-state index contributed by atoms with van der Waals surface area (Å²) in [5.41, 5.74) is 0.262. The number of rotatable bonds is 6. The Hall–Kier alpha value is -1.20. The van der Waals surface area contributed by atoms with Crippen LogP contribution in [0, 0.1) is 0 Å². The van der Waals surface area contributed by atoms with Gasteiger partial charge in [-0.3, -0.25) is 14.4 Å². The normalized spacial score (nSPS) is 19.8. The van der Waals surface area contributed by atoms with Crippen LogP contribution in [0.5, 0.6) is 0 Å². The van der Waals surface area contributed by atoms with Crippen molar-refractivity contribution in [1.82, 2.24) is 14.7 Å². The van der Waals surface area contributed by atoms with Gasteiger partial charge in [-0.1, -0.05) is 13.8 Å². The smallest absolute Gasteiger partial charge is 0.200 e. The van der Waals surface area contributed by atoms with Crippen LogP contribution in [0.1, 0.15) is 44.1 Å². The monoisotopic (exact) mass is 279 g/mol. The number of aryl methyl sites for hydroxylation is 1. The Morgan fingerprint density at radius 3 is 2.70 bits per heavy atom. The van der Waals surface area contributed by atoms with Crippen molar-refractivity contribution in [1.29, 1.82) is 0 Å². The number of carbonyl (C=O) groups excluding carboxylic acids is 1. The van der Waals surface area contributed by atoms with Crippen molar-refractivity contribution >= 4 is 5.78 Å². The maximum absolute atomic E-state index is 13.0. The summed E-state index contributed by atoms with van der Waals surface area (Å²) < 4.78 is 7.23. The second kappa shape index (κ2) is 6.50. The highest BCUT2D eigenvalue weighted by molar-refractivity contribution is 6.01. The van der Waals surface area contributed by atoms with Gasteiger partial charge in [0.1, 0.15) is 5.69 Å². The third-order valence-corrected chi connectivity index (χ3v) is 4.27. The van der Waals surface area contributed by atoms with Gasteiger partial charge in [0.25, 0.3) is 0 Å². The van der Waals surface area contributed by atoms with Crippen LogP contribution in [0.3, 0.4) is 0 Å². The van der Waals surface area contributed by atoms with E-state index in [9.17, 15) is 4.79 Å². The highest BCUT2D eigenvalue weighted by atomic mass is 16.5. The molecule has 20 heavy (non-hydrogen) atoms. The number of hydrogen-bond donors (Lipinski definition) is 0. The number of nitrogens with zero attached hydrogens (tertiary/aromatic N) is 3. The van der Waals surface area contributed by atoms with E-state index in [2.05, 4.69) is 23.8 Å². The van der Waals surface area contributed by atoms with Gasteiger partial charge in [-0.25, -0.2) is 0 Å². The standard InChI is InChI=1S/C15H25N3O2/c1-4-8-18-13(6-7-16-18)14(19)15(3,5-2)17-9-11-20-12-10-17/h6-7H,4-5,8-12H2,1-3H3. The molecule has 1 aliphatic heterocycles. The number of aromatic nitrogens is 2. The summed E-state index contributed by atoms with van der Waals surface area (Å²) in [5, 5.41) is 4.27. The van der Waals surface area contributed by atoms with Crippen LogP contribution in [0.25, 0.3) is 0 Å². The van der Waals surface area contributed by atoms with Crippen molar-refractivity contribution in [2.24, 2.45) is 0 Å². The molecule has 0 N–H and O–H groups in total. The summed E-state index contributed by atoms with van der Waals surface area (Å²) in [7, 11) is 0. The molecule has 2 rings (SSSR count). The van der Waals surface area contributed by atoms with E-state index in [1.54, 1.807) is 6.20 Å². The fourth-order valence-electron chi connectivity index (χ4n) is 2.78. The zero-order valence-electron chi connectivity index (χ0n) is 12.8. The van der Waals surface area contributed by atoms with E-state index in [1.165, 1.54) is 0 Å². The van der Waals surface area contributed by atoms with Crippen molar-refractivity contribution in [3.63, 3.8) is 0 Å². The highest BCUT2D eigenvalue weighted by Crippen LogP contribution is 2.25. The van der Waals surface area contributed by atoms with E-state index < -0.39 is 5.54 Å². The molecule has 1 aromatic rings. The lowest BCUT2D eigenvalue weighted by molar-refractivity contribution is -0.0110. The summed E-state index contributed by atoms with van der Waals surface area (Å²) in [5.74, 6) is 0.174. The molecule has 1 atom stereocenters. The third kappa shape index (κ3) is 2.79. The fourth-order valence-corrected chi connectivity index (χ4v) is 2.78. The molecule has 1 unspecified atom stereocenters. The molecule has 0 aliphatic carbocycles. The molecule has 0 saturated carbocycles. The summed E-state index contributed by atoms with van der Waals surface area (Å²) in [4.78, 5) is 15.3. The van der Waals surface area contributed by atoms with Gasteiger partial charge in [-0.2, -0.15) is 5.10 Å². The maximum Gasteiger partial charge on any atom is 0.200 e. The Morgan fingerprint density at radius 1 is 1.40 bits per heavy atom. The topological polar surface area (TPSA) is 47.4 Å². The van der Waals surface area contributed by atoms with Gasteiger partial charge < -0.3 is 4.74 Å². The third-order valence-electron chi connectivity index (χ3n) is 4.27. The molecule has 1 aromatic heterocycles. The van der Waals surface area contributed by atoms with Gasteiger partial charge in [0, 0.05) is 25.8 Å². The summed E-state index contributed by atoms with van der Waals surface area (Å²) in [6, 6.07) is 1.84. The van der Waals surface area contributed by atoms with E-state index in [0.29, 0.717) is 13.2 Å². The second-order valence-corrected chi connectivity index (χ2v) is 5.50. The van der Waals surface area contributed by atoms with E-state index in [4.69, 9.17) is 4.74 Å². The molecule has 0 aromatic carbocycles. The summed E-state index contributed by atoms with van der Waals surface area (Å²) in [6.07, 6.45) is 3.49. The predicted octanol–water partition coefficient (Wildman–Crippen LogP) is 1.98. The average molecular weight is 279 g/mol. The predicted molar refractivity (Wildman–Crippen MR) is 77.9 cm³/mol. The molecule has 1 saturated heterocycles. The number of carbonyl (C=O) groups is 1. The quantitative estimate of drug-likeness (QED) is 0.747. The van der Waals surface area contributed by atoms with Crippen LogP contribution in [0.15, 0.2) is 12.3 Å². The zero-order chi connectivity index (χ0) is 14.6. The Kier molecular flexibility index (Phi) is 4.94. The van der Waals surface area contributed by atoms with Gasteiger partial charge in [-0.05, 0) is 25.8 Å². The molecular formula is C15H25N3O2. The SMILES string of the molecule is CCCn1nccc1C(=O)C(C)(CC)N1CCOCC1. The Morgan fingerprint density at radius 2 is 2.10 bits per heavy atom. The molecule has 1 fully saturated rings. The van der Waals surface area contributed by atoms with Crippen molar-refractivity contribution in [3.8, 4) is 0 Å². The molecule has 5 nitrogen and oxygen atoms in total. The van der Waals surface area contributed by atoms with Gasteiger partial charge in [0.2, 0.25) is 5.78 Å². The highest BCUT2D eigenvalue weighted by Gasteiger charge is 2.40. The minimum absolute atomic E-state index is 0.174. The van der Waals surface area contributed by atoms with Crippen LogP contribution >= 0.6 is 0 Å². The van der Waals surface area contributed by atoms with Gasteiger partial charge >= 0.3 is 0 Å². The average Bonchev–Trinajstić information content (AvgIpc) is 2.95. The summed E-state index contributed by atoms with van der Waals surface area (Å²) >= 11 is 0. The Labute approximate surface area is 120 Å². The van der Waals surface area contributed by atoms with Crippen molar-refractivity contribution in [3.05, 3.63) is 18.0 Å². The molecule has 0 spiro atoms. The molecule has 112 valence electrons. The van der Waals surface area contributed by atoms with Gasteiger partial charge in [-0.15, -0.1) is 0 Å². The number of Topliss-reactive ketones (excluding diaryl/α,β-unsaturated/α-hetero) is 1. The van der Waals surface area contributed by atoms with Crippen molar-refractivity contribution < 1.29 is 9.53 Å².